The quantitative estimate of drug-likeness (QED) is 0.373. The zero-order valence-electron chi connectivity index (χ0n) is 8.79. The topological polar surface area (TPSA) is 43.4 Å². The molecule has 1 saturated heterocycles. The van der Waals surface area contributed by atoms with Crippen LogP contribution < -0.4 is 0 Å². The minimum absolute atomic E-state index is 0.0217. The number of carbonyl (C=O) groups is 2. The van der Waals surface area contributed by atoms with Crippen LogP contribution in [-0.4, -0.2) is 11.9 Å². The van der Waals surface area contributed by atoms with Crippen LogP contribution in [0.25, 0.3) is 0 Å². The molecule has 2 aliphatic carbocycles. The van der Waals surface area contributed by atoms with Crippen LogP contribution in [0.3, 0.4) is 0 Å². The minimum atomic E-state index is -0.306. The monoisotopic (exact) mass is 206 g/mol. The second-order valence-corrected chi connectivity index (χ2v) is 4.80. The Balaban J connectivity index is 2.07. The fourth-order valence-electron chi connectivity index (χ4n) is 3.53. The van der Waals surface area contributed by atoms with E-state index in [1.807, 2.05) is 0 Å². The molecule has 3 aliphatic rings. The van der Waals surface area contributed by atoms with Crippen LogP contribution in [0.5, 0.6) is 0 Å². The standard InChI is InChI=1S/C12H14O3/c1-2-12-6-5-7(12)3-4-8-9(12)11(14)15-10(8)13/h3,8-9H,2,4-6H2,1H3. The van der Waals surface area contributed by atoms with Crippen LogP contribution in [0.15, 0.2) is 11.6 Å². The van der Waals surface area contributed by atoms with Crippen molar-refractivity contribution in [1.29, 1.82) is 0 Å². The molecule has 1 heterocycles. The molecule has 2 fully saturated rings. The molecule has 0 bridgehead atoms. The highest BCUT2D eigenvalue weighted by Gasteiger charge is 2.60. The van der Waals surface area contributed by atoms with Gasteiger partial charge in [-0.2, -0.15) is 0 Å². The van der Waals surface area contributed by atoms with Gasteiger partial charge in [0.15, 0.2) is 0 Å². The molecule has 3 heteroatoms. The van der Waals surface area contributed by atoms with E-state index in [1.54, 1.807) is 0 Å². The fourth-order valence-corrected chi connectivity index (χ4v) is 3.53. The molecule has 3 rings (SSSR count). The van der Waals surface area contributed by atoms with Crippen LogP contribution in [0.1, 0.15) is 32.6 Å². The molecule has 80 valence electrons. The Morgan fingerprint density at radius 3 is 2.87 bits per heavy atom. The Kier molecular flexibility index (Phi) is 1.65. The summed E-state index contributed by atoms with van der Waals surface area (Å²) in [4.78, 5) is 23.2. The van der Waals surface area contributed by atoms with Crippen LogP contribution >= 0.6 is 0 Å². The lowest BCUT2D eigenvalue weighted by Crippen LogP contribution is -2.46. The average molecular weight is 206 g/mol. The first kappa shape index (κ1) is 9.13. The van der Waals surface area contributed by atoms with E-state index < -0.39 is 0 Å². The van der Waals surface area contributed by atoms with Gasteiger partial charge in [0.25, 0.3) is 0 Å². The van der Waals surface area contributed by atoms with Crippen LogP contribution in [0.4, 0.5) is 0 Å². The Morgan fingerprint density at radius 1 is 1.47 bits per heavy atom. The molecule has 1 aliphatic heterocycles. The minimum Gasteiger partial charge on any atom is -0.393 e. The summed E-state index contributed by atoms with van der Waals surface area (Å²) in [5.41, 5.74) is 1.37. The van der Waals surface area contributed by atoms with Crippen molar-refractivity contribution in [1.82, 2.24) is 0 Å². The van der Waals surface area contributed by atoms with E-state index in [9.17, 15) is 9.59 Å². The van der Waals surface area contributed by atoms with E-state index >= 15 is 0 Å². The number of ether oxygens (including phenoxy) is 1. The van der Waals surface area contributed by atoms with Crippen LogP contribution in [0, 0.1) is 17.3 Å². The summed E-state index contributed by atoms with van der Waals surface area (Å²) in [6.07, 6.45) is 5.94. The van der Waals surface area contributed by atoms with Gasteiger partial charge < -0.3 is 4.74 Å². The average Bonchev–Trinajstić information content (AvgIpc) is 2.44. The molecule has 0 aromatic heterocycles. The molecular weight excluding hydrogens is 192 g/mol. The molecule has 0 aromatic carbocycles. The molecule has 3 unspecified atom stereocenters. The maximum atomic E-state index is 11.7. The van der Waals surface area contributed by atoms with Crippen molar-refractivity contribution in [2.45, 2.75) is 32.6 Å². The third-order valence-electron chi connectivity index (χ3n) is 4.48. The van der Waals surface area contributed by atoms with Gasteiger partial charge in [-0.3, -0.25) is 9.59 Å². The molecule has 0 radical (unpaired) electrons. The van der Waals surface area contributed by atoms with Gasteiger partial charge in [-0.1, -0.05) is 18.6 Å². The molecule has 0 aromatic rings. The van der Waals surface area contributed by atoms with E-state index in [1.165, 1.54) is 5.57 Å². The van der Waals surface area contributed by atoms with E-state index in [4.69, 9.17) is 4.74 Å². The van der Waals surface area contributed by atoms with Crippen molar-refractivity contribution in [3.05, 3.63) is 11.6 Å². The van der Waals surface area contributed by atoms with Crippen molar-refractivity contribution in [3.63, 3.8) is 0 Å². The number of cyclic esters (lactones) is 2. The van der Waals surface area contributed by atoms with Crippen molar-refractivity contribution >= 4 is 11.9 Å². The molecule has 0 amide bonds. The van der Waals surface area contributed by atoms with Gasteiger partial charge in [0, 0.05) is 5.41 Å². The van der Waals surface area contributed by atoms with E-state index in [-0.39, 0.29) is 29.2 Å². The predicted octanol–water partition coefficient (Wildman–Crippen LogP) is 1.82. The maximum Gasteiger partial charge on any atom is 0.318 e. The Hall–Kier alpha value is -1.12. The molecule has 3 nitrogen and oxygen atoms in total. The Bertz CT molecular complexity index is 378. The van der Waals surface area contributed by atoms with Gasteiger partial charge >= 0.3 is 11.9 Å². The number of rotatable bonds is 1. The maximum absolute atomic E-state index is 11.7. The van der Waals surface area contributed by atoms with Gasteiger partial charge in [-0.15, -0.1) is 0 Å². The smallest absolute Gasteiger partial charge is 0.318 e. The van der Waals surface area contributed by atoms with Crippen LogP contribution in [0.2, 0.25) is 0 Å². The molecule has 15 heavy (non-hydrogen) atoms. The highest BCUT2D eigenvalue weighted by atomic mass is 16.6. The van der Waals surface area contributed by atoms with Crippen molar-refractivity contribution < 1.29 is 14.3 Å². The van der Waals surface area contributed by atoms with Crippen LogP contribution in [-0.2, 0) is 14.3 Å². The zero-order valence-corrected chi connectivity index (χ0v) is 8.79. The van der Waals surface area contributed by atoms with Gasteiger partial charge in [-0.05, 0) is 25.7 Å². The summed E-state index contributed by atoms with van der Waals surface area (Å²) in [5.74, 6) is -0.956. The first-order chi connectivity index (χ1) is 7.19. The SMILES string of the molecule is CCC12CCC1=CCC1C(=O)OC(=O)C12. The largest absolute Gasteiger partial charge is 0.393 e. The second-order valence-electron chi connectivity index (χ2n) is 4.80. The predicted molar refractivity (Wildman–Crippen MR) is 52.7 cm³/mol. The van der Waals surface area contributed by atoms with Gasteiger partial charge in [0.1, 0.15) is 0 Å². The lowest BCUT2D eigenvalue weighted by molar-refractivity contribution is -0.154. The highest BCUT2D eigenvalue weighted by molar-refractivity contribution is 5.97. The summed E-state index contributed by atoms with van der Waals surface area (Å²) in [6, 6.07) is 0. The number of esters is 2. The number of fused-ring (bicyclic) bond motifs is 3. The van der Waals surface area contributed by atoms with Crippen molar-refractivity contribution in [2.75, 3.05) is 0 Å². The summed E-state index contributed by atoms with van der Waals surface area (Å²) < 4.78 is 4.78. The van der Waals surface area contributed by atoms with Crippen molar-refractivity contribution in [2.24, 2.45) is 17.3 Å². The number of hydrogen-bond acceptors (Lipinski definition) is 3. The normalized spacial score (nSPS) is 42.6. The molecule has 3 atom stereocenters. The van der Waals surface area contributed by atoms with Gasteiger partial charge in [0.2, 0.25) is 0 Å². The fraction of sp³-hybridized carbons (Fsp3) is 0.667. The van der Waals surface area contributed by atoms with Crippen molar-refractivity contribution in [3.8, 4) is 0 Å². The zero-order chi connectivity index (χ0) is 10.6. The van der Waals surface area contributed by atoms with Gasteiger partial charge in [0.05, 0.1) is 11.8 Å². The Labute approximate surface area is 88.5 Å². The molecule has 0 N–H and O–H groups in total. The number of carbonyl (C=O) groups excluding carboxylic acids is 2. The molecule has 1 saturated carbocycles. The summed E-state index contributed by atoms with van der Waals surface area (Å²) in [7, 11) is 0. The lowest BCUT2D eigenvalue weighted by Gasteiger charge is -2.51. The second kappa shape index (κ2) is 2.71. The van der Waals surface area contributed by atoms with E-state index in [2.05, 4.69) is 13.0 Å². The summed E-state index contributed by atoms with van der Waals surface area (Å²) in [6.45, 7) is 2.10. The summed E-state index contributed by atoms with van der Waals surface area (Å²) >= 11 is 0. The highest BCUT2D eigenvalue weighted by Crippen LogP contribution is 2.61. The Morgan fingerprint density at radius 2 is 2.27 bits per heavy atom. The number of allylic oxidation sites excluding steroid dienone is 2. The number of hydrogen-bond donors (Lipinski definition) is 0. The molecule has 0 spiro atoms. The summed E-state index contributed by atoms with van der Waals surface area (Å²) in [5, 5.41) is 0. The first-order valence-electron chi connectivity index (χ1n) is 5.64. The van der Waals surface area contributed by atoms with E-state index in [0.717, 1.165) is 19.3 Å². The third kappa shape index (κ3) is 0.912. The first-order valence-corrected chi connectivity index (χ1v) is 5.64. The van der Waals surface area contributed by atoms with E-state index in [0.29, 0.717) is 6.42 Å². The lowest BCUT2D eigenvalue weighted by atomic mass is 9.51. The van der Waals surface area contributed by atoms with Gasteiger partial charge in [-0.25, -0.2) is 0 Å². The molecular formula is C12H14O3. The third-order valence-corrected chi connectivity index (χ3v) is 4.48.